The van der Waals surface area contributed by atoms with Crippen LogP contribution in [0.15, 0.2) is 53.4 Å². The topological polar surface area (TPSA) is 105 Å². The Labute approximate surface area is 192 Å². The number of sulfonamides is 1. The maximum Gasteiger partial charge on any atom is 0.573 e. The molecule has 2 aromatic rings. The van der Waals surface area contributed by atoms with Crippen LogP contribution in [0.3, 0.4) is 0 Å². The molecule has 0 aromatic heterocycles. The Morgan fingerprint density at radius 3 is 2.45 bits per heavy atom. The number of amides is 1. The van der Waals surface area contributed by atoms with Gasteiger partial charge in [-0.25, -0.2) is 13.2 Å². The fourth-order valence-corrected chi connectivity index (χ4v) is 5.54. The number of anilines is 1. The number of benzene rings is 2. The maximum atomic E-state index is 13.0. The van der Waals surface area contributed by atoms with Crippen LogP contribution in [0.5, 0.6) is 5.75 Å². The zero-order chi connectivity index (χ0) is 24.2. The van der Waals surface area contributed by atoms with Gasteiger partial charge in [-0.3, -0.25) is 5.32 Å². The zero-order valence-corrected chi connectivity index (χ0v) is 18.5. The average Bonchev–Trinajstić information content (AvgIpc) is 2.74. The van der Waals surface area contributed by atoms with E-state index in [-0.39, 0.29) is 35.0 Å². The number of nitrogens with one attached hydrogen (secondary N) is 1. The monoisotopic (exact) mass is 508 g/mol. The van der Waals surface area contributed by atoms with Gasteiger partial charge in [0, 0.05) is 18.7 Å². The van der Waals surface area contributed by atoms with E-state index in [1.165, 1.54) is 30.3 Å². The summed E-state index contributed by atoms with van der Waals surface area (Å²) in [6.45, 7) is -0.508. The van der Waals surface area contributed by atoms with Gasteiger partial charge < -0.3 is 14.6 Å². The van der Waals surface area contributed by atoms with Gasteiger partial charge in [-0.15, -0.1) is 13.2 Å². The summed E-state index contributed by atoms with van der Waals surface area (Å²) in [6, 6.07) is 9.59. The predicted octanol–water partition coefficient (Wildman–Crippen LogP) is 4.00. The first-order valence-corrected chi connectivity index (χ1v) is 11.5. The molecule has 1 aliphatic heterocycles. The fraction of sp³-hybridized carbons (Fsp3) is 0.350. The van der Waals surface area contributed by atoms with Crippen LogP contribution in [0.4, 0.5) is 23.7 Å². The molecule has 2 atom stereocenters. The van der Waals surface area contributed by atoms with E-state index in [0.29, 0.717) is 0 Å². The normalized spacial score (nSPS) is 19.7. The smallest absolute Gasteiger partial charge is 0.446 e. The van der Waals surface area contributed by atoms with Crippen molar-refractivity contribution in [1.82, 2.24) is 4.31 Å². The van der Waals surface area contributed by atoms with Crippen LogP contribution < -0.4 is 10.1 Å². The number of hydrogen-bond acceptors (Lipinski definition) is 6. The molecule has 0 unspecified atom stereocenters. The minimum atomic E-state index is -4.83. The lowest BCUT2D eigenvalue weighted by Gasteiger charge is -2.37. The summed E-state index contributed by atoms with van der Waals surface area (Å²) in [6.07, 6.45) is -6.17. The number of carbonyl (C=O) groups is 1. The van der Waals surface area contributed by atoms with Crippen molar-refractivity contribution in [2.45, 2.75) is 36.2 Å². The average molecular weight is 509 g/mol. The molecule has 0 bridgehead atoms. The summed E-state index contributed by atoms with van der Waals surface area (Å²) < 4.78 is 72.8. The highest BCUT2D eigenvalue weighted by Gasteiger charge is 2.38. The highest BCUT2D eigenvalue weighted by Crippen LogP contribution is 2.30. The second-order valence-corrected chi connectivity index (χ2v) is 9.40. The van der Waals surface area contributed by atoms with Crippen LogP contribution in [0, 0.1) is 0 Å². The number of nitrogens with zero attached hydrogens (tertiary/aromatic N) is 1. The van der Waals surface area contributed by atoms with E-state index in [1.807, 2.05) is 0 Å². The van der Waals surface area contributed by atoms with E-state index in [9.17, 15) is 31.5 Å². The van der Waals surface area contributed by atoms with Crippen molar-refractivity contribution in [1.29, 1.82) is 0 Å². The van der Waals surface area contributed by atoms with Crippen LogP contribution in [-0.2, 0) is 14.8 Å². The lowest BCUT2D eigenvalue weighted by molar-refractivity contribution is -0.274. The fourth-order valence-electron chi connectivity index (χ4n) is 3.40. The summed E-state index contributed by atoms with van der Waals surface area (Å²) in [5.74, 6) is -0.445. The SMILES string of the molecule is O=C(Nc1ccc(OC(F)(F)F)cc1)O[C@H]1CCN(S(=O)(=O)c2ccccc2Cl)[C@H](CO)C1. The molecule has 1 saturated heterocycles. The van der Waals surface area contributed by atoms with Crippen molar-refractivity contribution in [2.75, 3.05) is 18.5 Å². The highest BCUT2D eigenvalue weighted by atomic mass is 35.5. The van der Waals surface area contributed by atoms with Gasteiger partial charge in [0.05, 0.1) is 17.7 Å². The van der Waals surface area contributed by atoms with Gasteiger partial charge in [0.2, 0.25) is 10.0 Å². The number of piperidine rings is 1. The molecule has 2 N–H and O–H groups in total. The molecular weight excluding hydrogens is 489 g/mol. The molecule has 0 spiro atoms. The summed E-state index contributed by atoms with van der Waals surface area (Å²) in [5, 5.41) is 12.2. The number of halogens is 4. The van der Waals surface area contributed by atoms with Gasteiger partial charge in [0.1, 0.15) is 16.7 Å². The predicted molar refractivity (Wildman–Crippen MR) is 112 cm³/mol. The van der Waals surface area contributed by atoms with Gasteiger partial charge in [0.15, 0.2) is 0 Å². The molecule has 0 saturated carbocycles. The zero-order valence-electron chi connectivity index (χ0n) is 17.0. The molecule has 1 aliphatic rings. The van der Waals surface area contributed by atoms with Crippen LogP contribution in [0.25, 0.3) is 0 Å². The van der Waals surface area contributed by atoms with E-state index in [0.717, 1.165) is 16.4 Å². The molecule has 1 fully saturated rings. The quantitative estimate of drug-likeness (QED) is 0.611. The van der Waals surface area contributed by atoms with Crippen molar-refractivity contribution in [3.8, 4) is 5.75 Å². The summed E-state index contributed by atoms with van der Waals surface area (Å²) in [7, 11) is -3.98. The van der Waals surface area contributed by atoms with E-state index < -0.39 is 47.0 Å². The molecule has 8 nitrogen and oxygen atoms in total. The number of aliphatic hydroxyl groups is 1. The Bertz CT molecular complexity index is 1080. The molecule has 180 valence electrons. The second kappa shape index (κ2) is 10.2. The van der Waals surface area contributed by atoms with Crippen molar-refractivity contribution < 1.29 is 41.0 Å². The lowest BCUT2D eigenvalue weighted by atomic mass is 10.0. The molecule has 3 rings (SSSR count). The first kappa shape index (κ1) is 25.1. The molecule has 13 heteroatoms. The summed E-state index contributed by atoms with van der Waals surface area (Å²) in [4.78, 5) is 12.1. The van der Waals surface area contributed by atoms with Crippen LogP contribution >= 0.6 is 11.6 Å². The second-order valence-electron chi connectivity index (χ2n) is 7.13. The van der Waals surface area contributed by atoms with Crippen LogP contribution in [0.2, 0.25) is 5.02 Å². The molecule has 2 aromatic carbocycles. The molecule has 33 heavy (non-hydrogen) atoms. The van der Waals surface area contributed by atoms with Crippen LogP contribution in [0.1, 0.15) is 12.8 Å². The summed E-state index contributed by atoms with van der Waals surface area (Å²) in [5.41, 5.74) is 0.173. The van der Waals surface area contributed by atoms with Gasteiger partial charge in [0.25, 0.3) is 0 Å². The first-order chi connectivity index (χ1) is 15.5. The van der Waals surface area contributed by atoms with Crippen molar-refractivity contribution in [3.63, 3.8) is 0 Å². The summed E-state index contributed by atoms with van der Waals surface area (Å²) >= 11 is 6.03. The Morgan fingerprint density at radius 2 is 1.85 bits per heavy atom. The number of hydrogen-bond donors (Lipinski definition) is 2. The number of carbonyl (C=O) groups excluding carboxylic acids is 1. The third-order valence-corrected chi connectivity index (χ3v) is 7.31. The number of alkyl halides is 3. The molecule has 0 radical (unpaired) electrons. The molecule has 1 heterocycles. The van der Waals surface area contributed by atoms with E-state index in [4.69, 9.17) is 16.3 Å². The maximum absolute atomic E-state index is 13.0. The Morgan fingerprint density at radius 1 is 1.18 bits per heavy atom. The van der Waals surface area contributed by atoms with E-state index in [1.54, 1.807) is 6.07 Å². The lowest BCUT2D eigenvalue weighted by Crippen LogP contribution is -2.50. The minimum absolute atomic E-state index is 0.0137. The first-order valence-electron chi connectivity index (χ1n) is 9.70. The third kappa shape index (κ3) is 6.50. The largest absolute Gasteiger partial charge is 0.573 e. The number of aliphatic hydroxyl groups excluding tert-OH is 1. The molecule has 0 aliphatic carbocycles. The molecule has 1 amide bonds. The van der Waals surface area contributed by atoms with Crippen LogP contribution in [-0.4, -0.2) is 55.6 Å². The van der Waals surface area contributed by atoms with Gasteiger partial charge >= 0.3 is 12.5 Å². The van der Waals surface area contributed by atoms with Gasteiger partial charge in [-0.2, -0.15) is 4.31 Å². The van der Waals surface area contributed by atoms with Gasteiger partial charge in [-0.1, -0.05) is 23.7 Å². The number of ether oxygens (including phenoxy) is 2. The Kier molecular flexibility index (Phi) is 7.73. The van der Waals surface area contributed by atoms with Crippen molar-refractivity contribution >= 4 is 33.4 Å². The minimum Gasteiger partial charge on any atom is -0.446 e. The van der Waals surface area contributed by atoms with Gasteiger partial charge in [-0.05, 0) is 42.8 Å². The Hall–Kier alpha value is -2.54. The van der Waals surface area contributed by atoms with Crippen molar-refractivity contribution in [2.24, 2.45) is 0 Å². The standard InChI is InChI=1S/C20H20ClF3N2O6S/c21-17-3-1-2-4-18(17)33(29,30)26-10-9-16(11-14(26)12-27)31-19(28)25-13-5-7-15(8-6-13)32-20(22,23)24/h1-8,14,16,27H,9-12H2,(H,25,28)/t14-,16-/m0/s1. The highest BCUT2D eigenvalue weighted by molar-refractivity contribution is 7.89. The Balaban J connectivity index is 1.59. The number of rotatable bonds is 6. The van der Waals surface area contributed by atoms with Crippen molar-refractivity contribution in [3.05, 3.63) is 53.6 Å². The molecular formula is C20H20ClF3N2O6S. The third-order valence-electron chi connectivity index (χ3n) is 4.86. The van der Waals surface area contributed by atoms with E-state index in [2.05, 4.69) is 10.1 Å². The van der Waals surface area contributed by atoms with E-state index >= 15 is 0 Å².